The molecule has 1 heterocycles. The van der Waals surface area contributed by atoms with Gasteiger partial charge in [-0.2, -0.15) is 0 Å². The summed E-state index contributed by atoms with van der Waals surface area (Å²) >= 11 is 6.33. The van der Waals surface area contributed by atoms with E-state index in [-0.39, 0.29) is 11.8 Å². The predicted octanol–water partition coefficient (Wildman–Crippen LogP) is 4.23. The van der Waals surface area contributed by atoms with Crippen molar-refractivity contribution < 1.29 is 19.0 Å². The fourth-order valence-electron chi connectivity index (χ4n) is 3.09. The molecule has 1 atom stereocenters. The lowest BCUT2D eigenvalue weighted by atomic mass is 9.84. The molecule has 0 radical (unpaired) electrons. The second-order valence-corrected chi connectivity index (χ2v) is 6.13. The summed E-state index contributed by atoms with van der Waals surface area (Å²) in [6, 6.07) is 9.34. The lowest BCUT2D eigenvalue weighted by Gasteiger charge is -2.27. The van der Waals surface area contributed by atoms with Gasteiger partial charge in [0.15, 0.2) is 11.5 Å². The van der Waals surface area contributed by atoms with E-state index in [2.05, 4.69) is 5.32 Å². The number of rotatable bonds is 5. The monoisotopic (exact) mass is 361 g/mol. The van der Waals surface area contributed by atoms with E-state index in [0.29, 0.717) is 35.3 Å². The Morgan fingerprint density at radius 2 is 1.84 bits per heavy atom. The number of halogens is 1. The summed E-state index contributed by atoms with van der Waals surface area (Å²) in [6.45, 7) is 2.45. The topological polar surface area (TPSA) is 56.8 Å². The predicted molar refractivity (Wildman–Crippen MR) is 97.3 cm³/mol. The Hall–Kier alpha value is -2.40. The number of ether oxygens (including phenoxy) is 3. The lowest BCUT2D eigenvalue weighted by Crippen LogP contribution is -2.23. The molecule has 0 aromatic heterocycles. The summed E-state index contributed by atoms with van der Waals surface area (Å²) in [5, 5.41) is 3.43. The molecule has 1 aliphatic rings. The number of carbonyl (C=O) groups excluding carboxylic acids is 1. The van der Waals surface area contributed by atoms with Gasteiger partial charge in [0.05, 0.1) is 25.8 Å². The van der Waals surface area contributed by atoms with Gasteiger partial charge in [-0.05, 0) is 36.2 Å². The Bertz CT molecular complexity index is 806. The summed E-state index contributed by atoms with van der Waals surface area (Å²) in [5.41, 5.74) is 2.65. The summed E-state index contributed by atoms with van der Waals surface area (Å²) in [7, 11) is 3.16. The van der Waals surface area contributed by atoms with Gasteiger partial charge < -0.3 is 19.5 Å². The Balaban J connectivity index is 2.07. The van der Waals surface area contributed by atoms with E-state index in [1.165, 1.54) is 0 Å². The molecule has 0 aliphatic carbocycles. The molecule has 2 aromatic rings. The molecule has 0 bridgehead atoms. The van der Waals surface area contributed by atoms with Crippen molar-refractivity contribution in [2.45, 2.75) is 19.3 Å². The van der Waals surface area contributed by atoms with E-state index in [9.17, 15) is 4.79 Å². The van der Waals surface area contributed by atoms with E-state index >= 15 is 0 Å². The first-order chi connectivity index (χ1) is 12.1. The van der Waals surface area contributed by atoms with Crippen LogP contribution >= 0.6 is 11.6 Å². The minimum atomic E-state index is -0.114. The van der Waals surface area contributed by atoms with Gasteiger partial charge in [-0.25, -0.2) is 0 Å². The zero-order valence-corrected chi connectivity index (χ0v) is 15.1. The minimum Gasteiger partial charge on any atom is -0.493 e. The number of fused-ring (bicyclic) bond motifs is 1. The van der Waals surface area contributed by atoms with E-state index in [1.54, 1.807) is 20.3 Å². The van der Waals surface area contributed by atoms with Gasteiger partial charge in [-0.1, -0.05) is 17.7 Å². The Morgan fingerprint density at radius 3 is 2.48 bits per heavy atom. The first-order valence-electron chi connectivity index (χ1n) is 8.05. The maximum absolute atomic E-state index is 12.2. The quantitative estimate of drug-likeness (QED) is 0.865. The van der Waals surface area contributed by atoms with Crippen LogP contribution < -0.4 is 19.5 Å². The van der Waals surface area contributed by atoms with Crippen molar-refractivity contribution in [3.63, 3.8) is 0 Å². The SMILES string of the molecule is CCOc1ccc(C2CC(=O)Nc3cc(OC)c(OC)cc32)cc1Cl. The third-order valence-electron chi connectivity index (χ3n) is 4.25. The second kappa shape index (κ2) is 7.23. The van der Waals surface area contributed by atoms with Gasteiger partial charge in [0.2, 0.25) is 5.91 Å². The molecular formula is C19H20ClNO4. The maximum Gasteiger partial charge on any atom is 0.225 e. The van der Waals surface area contributed by atoms with Gasteiger partial charge >= 0.3 is 0 Å². The average molecular weight is 362 g/mol. The largest absolute Gasteiger partial charge is 0.493 e. The van der Waals surface area contributed by atoms with E-state index in [0.717, 1.165) is 16.8 Å². The first-order valence-corrected chi connectivity index (χ1v) is 8.43. The fraction of sp³-hybridized carbons (Fsp3) is 0.316. The maximum atomic E-state index is 12.2. The Labute approximate surface area is 151 Å². The highest BCUT2D eigenvalue weighted by molar-refractivity contribution is 6.32. The second-order valence-electron chi connectivity index (χ2n) is 5.72. The lowest BCUT2D eigenvalue weighted by molar-refractivity contribution is -0.116. The normalized spacial score (nSPS) is 16.0. The third-order valence-corrected chi connectivity index (χ3v) is 4.55. The Morgan fingerprint density at radius 1 is 1.12 bits per heavy atom. The number of benzene rings is 2. The van der Waals surface area contributed by atoms with E-state index in [1.807, 2.05) is 31.2 Å². The molecule has 1 unspecified atom stereocenters. The van der Waals surface area contributed by atoms with Gasteiger partial charge in [0.25, 0.3) is 0 Å². The number of methoxy groups -OCH3 is 2. The number of amides is 1. The van der Waals surface area contributed by atoms with Crippen molar-refractivity contribution >= 4 is 23.2 Å². The first kappa shape index (κ1) is 17.4. The number of carbonyl (C=O) groups is 1. The Kier molecular flexibility index (Phi) is 5.04. The van der Waals surface area contributed by atoms with Crippen molar-refractivity contribution in [2.75, 3.05) is 26.1 Å². The molecule has 2 aromatic carbocycles. The molecule has 0 saturated heterocycles. The van der Waals surface area contributed by atoms with Crippen LogP contribution in [-0.2, 0) is 4.79 Å². The minimum absolute atomic E-state index is 0.0465. The molecule has 0 spiro atoms. The molecule has 1 aliphatic heterocycles. The van der Waals surface area contributed by atoms with Crippen LogP contribution in [0.25, 0.3) is 0 Å². The number of hydrogen-bond acceptors (Lipinski definition) is 4. The molecule has 1 amide bonds. The highest BCUT2D eigenvalue weighted by Crippen LogP contribution is 2.44. The molecule has 5 nitrogen and oxygen atoms in total. The number of nitrogens with one attached hydrogen (secondary N) is 1. The van der Waals surface area contributed by atoms with Crippen LogP contribution in [0.2, 0.25) is 5.02 Å². The van der Waals surface area contributed by atoms with Gasteiger partial charge in [-0.15, -0.1) is 0 Å². The highest BCUT2D eigenvalue weighted by Gasteiger charge is 2.29. The van der Waals surface area contributed by atoms with Gasteiger partial charge in [-0.3, -0.25) is 4.79 Å². The van der Waals surface area contributed by atoms with Crippen molar-refractivity contribution in [1.82, 2.24) is 0 Å². The average Bonchev–Trinajstić information content (AvgIpc) is 2.61. The van der Waals surface area contributed by atoms with Crippen LogP contribution in [0.15, 0.2) is 30.3 Å². The molecule has 0 saturated carbocycles. The third kappa shape index (κ3) is 3.37. The van der Waals surface area contributed by atoms with Gasteiger partial charge in [0, 0.05) is 24.1 Å². The van der Waals surface area contributed by atoms with E-state index < -0.39 is 0 Å². The molecule has 0 fully saturated rings. The van der Waals surface area contributed by atoms with Crippen molar-refractivity contribution in [3.05, 3.63) is 46.5 Å². The molecule has 132 valence electrons. The molecule has 6 heteroatoms. The number of hydrogen-bond donors (Lipinski definition) is 1. The highest BCUT2D eigenvalue weighted by atomic mass is 35.5. The van der Waals surface area contributed by atoms with Crippen LogP contribution in [0.1, 0.15) is 30.4 Å². The molecule has 25 heavy (non-hydrogen) atoms. The van der Waals surface area contributed by atoms with E-state index in [4.69, 9.17) is 25.8 Å². The molecular weight excluding hydrogens is 342 g/mol. The summed E-state index contributed by atoms with van der Waals surface area (Å²) in [5.74, 6) is 1.68. The zero-order chi connectivity index (χ0) is 18.0. The molecule has 1 N–H and O–H groups in total. The summed E-state index contributed by atoms with van der Waals surface area (Å²) < 4.78 is 16.2. The fourth-order valence-corrected chi connectivity index (χ4v) is 3.34. The van der Waals surface area contributed by atoms with Crippen LogP contribution in [0, 0.1) is 0 Å². The summed E-state index contributed by atoms with van der Waals surface area (Å²) in [4.78, 5) is 12.2. The zero-order valence-electron chi connectivity index (χ0n) is 14.4. The van der Waals surface area contributed by atoms with Crippen LogP contribution in [0.3, 0.4) is 0 Å². The van der Waals surface area contributed by atoms with Crippen LogP contribution in [-0.4, -0.2) is 26.7 Å². The van der Waals surface area contributed by atoms with Gasteiger partial charge in [0.1, 0.15) is 5.75 Å². The summed E-state index contributed by atoms with van der Waals surface area (Å²) in [6.07, 6.45) is 0.340. The van der Waals surface area contributed by atoms with Crippen molar-refractivity contribution in [2.24, 2.45) is 0 Å². The standard InChI is InChI=1S/C19H20ClNO4/c1-4-25-16-6-5-11(7-14(16)20)12-9-19(22)21-15-10-18(24-3)17(23-2)8-13(12)15/h5-8,10,12H,4,9H2,1-3H3,(H,21,22). The van der Waals surface area contributed by atoms with Crippen molar-refractivity contribution in [1.29, 1.82) is 0 Å². The van der Waals surface area contributed by atoms with Crippen molar-refractivity contribution in [3.8, 4) is 17.2 Å². The molecule has 3 rings (SSSR count). The van der Waals surface area contributed by atoms with Crippen LogP contribution in [0.5, 0.6) is 17.2 Å². The smallest absolute Gasteiger partial charge is 0.225 e. The number of anilines is 1. The van der Waals surface area contributed by atoms with Crippen LogP contribution in [0.4, 0.5) is 5.69 Å².